The fourth-order valence-corrected chi connectivity index (χ4v) is 5.23. The first-order valence-electron chi connectivity index (χ1n) is 10.5. The highest BCUT2D eigenvalue weighted by molar-refractivity contribution is 9.10. The van der Waals surface area contributed by atoms with E-state index in [9.17, 15) is 4.79 Å². The number of anilines is 1. The Morgan fingerprint density at radius 1 is 1.12 bits per heavy atom. The molecule has 2 aliphatic rings. The largest absolute Gasteiger partial charge is 1.00 e. The van der Waals surface area contributed by atoms with Gasteiger partial charge < -0.3 is 24.0 Å². The average molecular weight is 652 g/mol. The van der Waals surface area contributed by atoms with Crippen LogP contribution in [0.1, 0.15) is 37.8 Å². The maximum absolute atomic E-state index is 13.3. The van der Waals surface area contributed by atoms with Crippen LogP contribution in [0.25, 0.3) is 0 Å². The van der Waals surface area contributed by atoms with Crippen LogP contribution in [0.2, 0.25) is 10.0 Å². The van der Waals surface area contributed by atoms with Gasteiger partial charge in [0, 0.05) is 15.4 Å². The number of amides is 1. The van der Waals surface area contributed by atoms with Crippen molar-refractivity contribution in [3.63, 3.8) is 0 Å². The molecule has 2 atom stereocenters. The van der Waals surface area contributed by atoms with E-state index >= 15 is 0 Å². The predicted molar refractivity (Wildman–Crippen MR) is 130 cm³/mol. The van der Waals surface area contributed by atoms with Crippen molar-refractivity contribution < 1.29 is 33.4 Å². The van der Waals surface area contributed by atoms with Crippen LogP contribution < -0.4 is 34.4 Å². The van der Waals surface area contributed by atoms with Gasteiger partial charge in [-0.15, -0.1) is 0 Å². The molecule has 0 saturated carbocycles. The number of carbonyl (C=O) groups is 1. The summed E-state index contributed by atoms with van der Waals surface area (Å²) in [5.41, 5.74) is 5.53. The summed E-state index contributed by atoms with van der Waals surface area (Å²) in [5, 5.41) is 7.72. The average Bonchev–Trinajstić information content (AvgIpc) is 3.06. The van der Waals surface area contributed by atoms with Gasteiger partial charge in [0.1, 0.15) is 18.8 Å². The van der Waals surface area contributed by atoms with Crippen molar-refractivity contribution in [2.24, 2.45) is 11.0 Å². The first-order valence-corrected chi connectivity index (χ1v) is 12.1. The van der Waals surface area contributed by atoms with E-state index in [0.717, 1.165) is 41.7 Å². The van der Waals surface area contributed by atoms with Gasteiger partial charge in [0.05, 0.1) is 23.8 Å². The SMILES string of the molecule is C[C@@H]1C(C(=O)N[N+]2(C)CCCCC2)=NN(c2ccc(Cl)cc2Cl)[C@@H]1c1ccc(Br)cc1.[I-]. The third-order valence-corrected chi connectivity index (χ3v) is 7.23. The number of rotatable bonds is 4. The molecule has 2 aromatic carbocycles. The van der Waals surface area contributed by atoms with Crippen LogP contribution in [0, 0.1) is 5.92 Å². The number of hydrazone groups is 1. The molecule has 5 nitrogen and oxygen atoms in total. The van der Waals surface area contributed by atoms with Crippen LogP contribution in [0.15, 0.2) is 52.0 Å². The van der Waals surface area contributed by atoms with Crippen molar-refractivity contribution >= 4 is 56.4 Å². The molecule has 32 heavy (non-hydrogen) atoms. The van der Waals surface area contributed by atoms with Crippen LogP contribution in [0.5, 0.6) is 0 Å². The molecular weight excluding hydrogens is 626 g/mol. The molecule has 1 N–H and O–H groups in total. The van der Waals surface area contributed by atoms with Crippen LogP contribution in [0.3, 0.4) is 0 Å². The Morgan fingerprint density at radius 2 is 1.78 bits per heavy atom. The van der Waals surface area contributed by atoms with Gasteiger partial charge in [-0.1, -0.05) is 58.2 Å². The summed E-state index contributed by atoms with van der Waals surface area (Å²) in [6.45, 7) is 3.93. The van der Waals surface area contributed by atoms with Gasteiger partial charge in [-0.05, 0) is 55.2 Å². The Bertz CT molecular complexity index is 1010. The standard InChI is InChI=1S/C23H25BrCl2N4O.HI/c1-15-21(23(31)28-30(2)12-4-3-5-13-30)27-29(20-11-10-18(25)14-19(20)26)22(15)16-6-8-17(24)9-7-16;/h6-11,14-15,22H,3-5,12-13H2,1-2H3;1H/t15-,22+;/m1./s1. The molecule has 172 valence electrons. The van der Waals surface area contributed by atoms with Crippen molar-refractivity contribution in [2.45, 2.75) is 32.2 Å². The fourth-order valence-electron chi connectivity index (χ4n) is 4.47. The maximum atomic E-state index is 13.3. The number of halogens is 4. The van der Waals surface area contributed by atoms with Gasteiger partial charge in [-0.3, -0.25) is 9.80 Å². The van der Waals surface area contributed by atoms with Crippen LogP contribution in [0.4, 0.5) is 5.69 Å². The Labute approximate surface area is 224 Å². The molecule has 1 amide bonds. The molecule has 9 heteroatoms. The zero-order valence-corrected chi connectivity index (χ0v) is 23.2. The highest BCUT2D eigenvalue weighted by atomic mass is 127. The van der Waals surface area contributed by atoms with E-state index in [1.807, 2.05) is 30.1 Å². The van der Waals surface area contributed by atoms with Gasteiger partial charge in [-0.2, -0.15) is 10.5 Å². The minimum Gasteiger partial charge on any atom is -1.00 e. The van der Waals surface area contributed by atoms with E-state index in [4.69, 9.17) is 28.3 Å². The minimum atomic E-state index is -0.154. The molecule has 2 aromatic rings. The van der Waals surface area contributed by atoms with E-state index in [1.165, 1.54) is 6.42 Å². The molecule has 0 unspecified atom stereocenters. The number of likely N-dealkylation sites (tertiary alicyclic amines) is 1. The second kappa shape index (κ2) is 10.6. The summed E-state index contributed by atoms with van der Waals surface area (Å²) in [4.78, 5) is 13.3. The zero-order chi connectivity index (χ0) is 22.2. The summed E-state index contributed by atoms with van der Waals surface area (Å²) >= 11 is 16.2. The topological polar surface area (TPSA) is 44.7 Å². The minimum absolute atomic E-state index is 0. The van der Waals surface area contributed by atoms with Gasteiger partial charge in [0.25, 0.3) is 0 Å². The number of piperidine rings is 1. The van der Waals surface area contributed by atoms with Gasteiger partial charge in [0.15, 0.2) is 0 Å². The molecule has 0 radical (unpaired) electrons. The van der Waals surface area contributed by atoms with E-state index in [2.05, 4.69) is 40.5 Å². The molecule has 1 fully saturated rings. The smallest absolute Gasteiger partial charge is 0.312 e. The zero-order valence-electron chi connectivity index (χ0n) is 18.0. The van der Waals surface area contributed by atoms with E-state index in [0.29, 0.717) is 20.3 Å². The lowest BCUT2D eigenvalue weighted by Crippen LogP contribution is -3.00. The highest BCUT2D eigenvalue weighted by Crippen LogP contribution is 2.42. The first-order chi connectivity index (χ1) is 14.8. The molecule has 0 spiro atoms. The van der Waals surface area contributed by atoms with Crippen molar-refractivity contribution in [1.82, 2.24) is 5.43 Å². The van der Waals surface area contributed by atoms with Crippen LogP contribution in [-0.2, 0) is 4.79 Å². The number of nitrogens with zero attached hydrogens (tertiary/aromatic N) is 3. The van der Waals surface area contributed by atoms with E-state index in [1.54, 1.807) is 12.1 Å². The fraction of sp³-hybridized carbons (Fsp3) is 0.391. The number of carbonyl (C=O) groups excluding carboxylic acids is 1. The van der Waals surface area contributed by atoms with Crippen molar-refractivity contribution in [3.05, 3.63) is 62.5 Å². The van der Waals surface area contributed by atoms with Crippen molar-refractivity contribution in [1.29, 1.82) is 0 Å². The molecule has 0 bridgehead atoms. The quantitative estimate of drug-likeness (QED) is 0.409. The third-order valence-electron chi connectivity index (χ3n) is 6.16. The maximum Gasteiger partial charge on any atom is 0.312 e. The number of quaternary nitrogens is 1. The molecule has 0 aromatic heterocycles. The second-order valence-corrected chi connectivity index (χ2v) is 10.3. The Morgan fingerprint density at radius 3 is 2.41 bits per heavy atom. The van der Waals surface area contributed by atoms with Crippen molar-refractivity contribution in [2.75, 3.05) is 25.1 Å². The van der Waals surface area contributed by atoms with E-state index < -0.39 is 0 Å². The third kappa shape index (κ3) is 5.43. The predicted octanol–water partition coefficient (Wildman–Crippen LogP) is 2.98. The van der Waals surface area contributed by atoms with Crippen LogP contribution >= 0.6 is 39.1 Å². The normalized spacial score (nSPS) is 22.2. The van der Waals surface area contributed by atoms with Crippen molar-refractivity contribution in [3.8, 4) is 0 Å². The second-order valence-electron chi connectivity index (χ2n) is 8.56. The van der Waals surface area contributed by atoms with E-state index in [-0.39, 0.29) is 41.8 Å². The summed E-state index contributed by atoms with van der Waals surface area (Å²) < 4.78 is 1.55. The molecule has 0 aliphatic carbocycles. The molecule has 1 saturated heterocycles. The summed E-state index contributed by atoms with van der Waals surface area (Å²) in [6, 6.07) is 13.3. The Hall–Kier alpha value is -0.870. The lowest BCUT2D eigenvalue weighted by atomic mass is 9.91. The molecule has 4 rings (SSSR count). The first kappa shape index (κ1) is 25.7. The lowest BCUT2D eigenvalue weighted by molar-refractivity contribution is -0.947. The monoisotopic (exact) mass is 650 g/mol. The van der Waals surface area contributed by atoms with Gasteiger partial charge in [-0.25, -0.2) is 4.59 Å². The van der Waals surface area contributed by atoms with Gasteiger partial charge >= 0.3 is 5.91 Å². The summed E-state index contributed by atoms with van der Waals surface area (Å²) in [7, 11) is 2.08. The van der Waals surface area contributed by atoms with Crippen LogP contribution in [-0.4, -0.2) is 36.3 Å². The lowest BCUT2D eigenvalue weighted by Gasteiger charge is -2.36. The molecule has 2 heterocycles. The molecular formula is C23H26BrCl2IN4O. The highest BCUT2D eigenvalue weighted by Gasteiger charge is 2.42. The van der Waals surface area contributed by atoms with Gasteiger partial charge in [0.2, 0.25) is 0 Å². The summed E-state index contributed by atoms with van der Waals surface area (Å²) in [6.07, 6.45) is 3.45. The number of nitrogens with one attached hydrogen (secondary N) is 1. The summed E-state index contributed by atoms with van der Waals surface area (Å²) in [5.74, 6) is -0.240. The Kier molecular flexibility index (Phi) is 8.52. The number of hydrogen-bond donors (Lipinski definition) is 1. The number of hydrogen-bond acceptors (Lipinski definition) is 3. The number of benzene rings is 2. The molecule has 2 aliphatic heterocycles. The Balaban J connectivity index is 0.00000289.